The van der Waals surface area contributed by atoms with Crippen molar-refractivity contribution < 1.29 is 14.7 Å². The molecule has 0 aromatic rings. The minimum Gasteiger partial charge on any atom is -0.481 e. The maximum Gasteiger partial charge on any atom is 0.317 e. The van der Waals surface area contributed by atoms with Gasteiger partial charge in [-0.2, -0.15) is 0 Å². The summed E-state index contributed by atoms with van der Waals surface area (Å²) in [5.41, 5.74) is 0. The first kappa shape index (κ1) is 17.7. The predicted molar refractivity (Wildman–Crippen MR) is 76.1 cm³/mol. The summed E-state index contributed by atoms with van der Waals surface area (Å²) in [4.78, 5) is 24.3. The van der Waals surface area contributed by atoms with Gasteiger partial charge in [0, 0.05) is 26.1 Å². The number of carbonyl (C=O) groups excluding carboxylic acids is 1. The lowest BCUT2D eigenvalue weighted by Gasteiger charge is -2.25. The number of hydrogen-bond acceptors (Lipinski definition) is 2. The van der Waals surface area contributed by atoms with Crippen molar-refractivity contribution in [1.29, 1.82) is 0 Å². The van der Waals surface area contributed by atoms with Crippen LogP contribution < -0.4 is 5.32 Å². The summed E-state index contributed by atoms with van der Waals surface area (Å²) in [6.07, 6.45) is 1.81. The molecule has 0 fully saturated rings. The standard InChI is InChI=1S/C14H28N2O3/c1-6-11(4)16(5)14(19)15-9-12(7-10(2)3)8-13(17)18/h10-12H,6-9H2,1-5H3,(H,15,19)(H,17,18). The van der Waals surface area contributed by atoms with Crippen molar-refractivity contribution in [2.75, 3.05) is 13.6 Å². The van der Waals surface area contributed by atoms with Crippen molar-refractivity contribution >= 4 is 12.0 Å². The lowest BCUT2D eigenvalue weighted by molar-refractivity contribution is -0.138. The number of hydrogen-bond donors (Lipinski definition) is 2. The number of carboxylic acids is 1. The van der Waals surface area contributed by atoms with Gasteiger partial charge in [-0.25, -0.2) is 4.79 Å². The van der Waals surface area contributed by atoms with Crippen LogP contribution in [0.15, 0.2) is 0 Å². The maximum atomic E-state index is 11.9. The van der Waals surface area contributed by atoms with Gasteiger partial charge in [0.2, 0.25) is 0 Å². The fourth-order valence-corrected chi connectivity index (χ4v) is 1.98. The van der Waals surface area contributed by atoms with Gasteiger partial charge in [-0.05, 0) is 31.6 Å². The molecule has 0 bridgehead atoms. The zero-order chi connectivity index (χ0) is 15.0. The zero-order valence-corrected chi connectivity index (χ0v) is 12.8. The first-order chi connectivity index (χ1) is 8.77. The van der Waals surface area contributed by atoms with Gasteiger partial charge in [0.15, 0.2) is 0 Å². The number of nitrogens with one attached hydrogen (secondary N) is 1. The molecule has 0 saturated heterocycles. The molecule has 0 aromatic heterocycles. The second-order valence-electron chi connectivity index (χ2n) is 5.65. The van der Waals surface area contributed by atoms with Crippen molar-refractivity contribution in [2.45, 2.75) is 53.0 Å². The summed E-state index contributed by atoms with van der Waals surface area (Å²) >= 11 is 0. The molecule has 2 atom stereocenters. The smallest absolute Gasteiger partial charge is 0.317 e. The number of carboxylic acid groups (broad SMARTS) is 1. The highest BCUT2D eigenvalue weighted by molar-refractivity contribution is 5.74. The third kappa shape index (κ3) is 7.70. The summed E-state index contributed by atoms with van der Waals surface area (Å²) in [6, 6.07) is 0.0523. The van der Waals surface area contributed by atoms with Crippen LogP contribution in [0, 0.1) is 11.8 Å². The Morgan fingerprint density at radius 3 is 2.26 bits per heavy atom. The van der Waals surface area contributed by atoms with E-state index in [-0.39, 0.29) is 24.4 Å². The number of carbonyl (C=O) groups is 2. The van der Waals surface area contributed by atoms with Crippen LogP contribution in [0.2, 0.25) is 0 Å². The number of amides is 2. The van der Waals surface area contributed by atoms with Crippen LogP contribution in [-0.2, 0) is 4.79 Å². The second kappa shape index (κ2) is 8.77. The predicted octanol–water partition coefficient (Wildman–Crippen LogP) is 2.56. The first-order valence-electron chi connectivity index (χ1n) is 7.00. The van der Waals surface area contributed by atoms with E-state index in [1.54, 1.807) is 11.9 Å². The Morgan fingerprint density at radius 2 is 1.84 bits per heavy atom. The molecule has 5 heteroatoms. The van der Waals surface area contributed by atoms with Gasteiger partial charge in [-0.1, -0.05) is 20.8 Å². The van der Waals surface area contributed by atoms with E-state index in [1.165, 1.54) is 0 Å². The SMILES string of the molecule is CCC(C)N(C)C(=O)NCC(CC(=O)O)CC(C)C. The summed E-state index contributed by atoms with van der Waals surface area (Å²) in [5.74, 6) is -0.393. The second-order valence-corrected chi connectivity index (χ2v) is 5.65. The molecular weight excluding hydrogens is 244 g/mol. The molecule has 0 aliphatic rings. The molecule has 112 valence electrons. The van der Waals surface area contributed by atoms with Crippen LogP contribution in [0.25, 0.3) is 0 Å². The molecular formula is C14H28N2O3. The molecule has 0 aliphatic heterocycles. The Hall–Kier alpha value is -1.26. The summed E-state index contributed by atoms with van der Waals surface area (Å²) in [5, 5.41) is 11.7. The third-order valence-corrected chi connectivity index (χ3v) is 3.38. The molecule has 2 N–H and O–H groups in total. The Bertz CT molecular complexity index is 292. The molecule has 2 amide bonds. The normalized spacial score (nSPS) is 14.0. The highest BCUT2D eigenvalue weighted by Crippen LogP contribution is 2.15. The lowest BCUT2D eigenvalue weighted by atomic mass is 9.94. The average Bonchev–Trinajstić information content (AvgIpc) is 2.32. The van der Waals surface area contributed by atoms with E-state index in [1.807, 2.05) is 13.8 Å². The highest BCUT2D eigenvalue weighted by Gasteiger charge is 2.18. The van der Waals surface area contributed by atoms with Crippen molar-refractivity contribution in [3.63, 3.8) is 0 Å². The fourth-order valence-electron chi connectivity index (χ4n) is 1.98. The maximum absolute atomic E-state index is 11.9. The van der Waals surface area contributed by atoms with Gasteiger partial charge < -0.3 is 15.3 Å². The molecule has 0 radical (unpaired) electrons. The lowest BCUT2D eigenvalue weighted by Crippen LogP contribution is -2.44. The highest BCUT2D eigenvalue weighted by atomic mass is 16.4. The molecule has 0 aromatic carbocycles. The van der Waals surface area contributed by atoms with E-state index >= 15 is 0 Å². The molecule has 0 aliphatic carbocycles. The average molecular weight is 272 g/mol. The molecule has 0 saturated carbocycles. The van der Waals surface area contributed by atoms with Gasteiger partial charge in [0.05, 0.1) is 0 Å². The van der Waals surface area contributed by atoms with Crippen LogP contribution >= 0.6 is 0 Å². The summed E-state index contributed by atoms with van der Waals surface area (Å²) < 4.78 is 0. The Balaban J connectivity index is 4.29. The van der Waals surface area contributed by atoms with Gasteiger partial charge in [-0.15, -0.1) is 0 Å². The first-order valence-corrected chi connectivity index (χ1v) is 7.00. The van der Waals surface area contributed by atoms with E-state index in [0.717, 1.165) is 12.8 Å². The van der Waals surface area contributed by atoms with Crippen LogP contribution in [0.4, 0.5) is 4.79 Å². The third-order valence-electron chi connectivity index (χ3n) is 3.38. The molecule has 0 spiro atoms. The number of urea groups is 1. The number of nitrogens with zero attached hydrogens (tertiary/aromatic N) is 1. The Labute approximate surface area is 116 Å². The van der Waals surface area contributed by atoms with Gasteiger partial charge in [0.1, 0.15) is 0 Å². The van der Waals surface area contributed by atoms with Gasteiger partial charge in [-0.3, -0.25) is 4.79 Å². The minimum atomic E-state index is -0.810. The van der Waals surface area contributed by atoms with E-state index in [0.29, 0.717) is 12.5 Å². The molecule has 2 unspecified atom stereocenters. The summed E-state index contributed by atoms with van der Waals surface area (Å²) in [6.45, 7) is 8.55. The van der Waals surface area contributed by atoms with Crippen molar-refractivity contribution in [3.8, 4) is 0 Å². The largest absolute Gasteiger partial charge is 0.481 e. The van der Waals surface area contributed by atoms with Crippen LogP contribution in [0.5, 0.6) is 0 Å². The monoisotopic (exact) mass is 272 g/mol. The topological polar surface area (TPSA) is 69.6 Å². The quantitative estimate of drug-likeness (QED) is 0.713. The molecule has 0 heterocycles. The number of rotatable bonds is 8. The van der Waals surface area contributed by atoms with Crippen LogP contribution in [0.3, 0.4) is 0 Å². The van der Waals surface area contributed by atoms with Crippen molar-refractivity contribution in [3.05, 3.63) is 0 Å². The minimum absolute atomic E-state index is 0.00761. The van der Waals surface area contributed by atoms with E-state index in [4.69, 9.17) is 5.11 Å². The molecule has 0 rings (SSSR count). The Kier molecular flexibility index (Phi) is 8.19. The van der Waals surface area contributed by atoms with E-state index in [2.05, 4.69) is 19.2 Å². The molecule has 5 nitrogen and oxygen atoms in total. The zero-order valence-electron chi connectivity index (χ0n) is 12.8. The van der Waals surface area contributed by atoms with Crippen molar-refractivity contribution in [1.82, 2.24) is 10.2 Å². The summed E-state index contributed by atoms with van der Waals surface area (Å²) in [7, 11) is 1.76. The fraction of sp³-hybridized carbons (Fsp3) is 0.857. The van der Waals surface area contributed by atoms with Gasteiger partial charge >= 0.3 is 12.0 Å². The molecule has 19 heavy (non-hydrogen) atoms. The van der Waals surface area contributed by atoms with E-state index in [9.17, 15) is 9.59 Å². The van der Waals surface area contributed by atoms with Crippen LogP contribution in [0.1, 0.15) is 47.0 Å². The number of aliphatic carboxylic acids is 1. The van der Waals surface area contributed by atoms with Crippen LogP contribution in [-0.4, -0.2) is 41.6 Å². The van der Waals surface area contributed by atoms with Gasteiger partial charge in [0.25, 0.3) is 0 Å². The Morgan fingerprint density at radius 1 is 1.26 bits per heavy atom. The van der Waals surface area contributed by atoms with E-state index < -0.39 is 5.97 Å². The van der Waals surface area contributed by atoms with Crippen molar-refractivity contribution in [2.24, 2.45) is 11.8 Å².